The first kappa shape index (κ1) is 13.8. The lowest BCUT2D eigenvalue weighted by Gasteiger charge is -2.04. The van der Waals surface area contributed by atoms with Crippen LogP contribution in [0.4, 0.5) is 11.4 Å². The maximum Gasteiger partial charge on any atom is 0.0805 e. The lowest BCUT2D eigenvalue weighted by atomic mass is 10.3. The van der Waals surface area contributed by atoms with Gasteiger partial charge in [0, 0.05) is 0 Å². The van der Waals surface area contributed by atoms with E-state index < -0.39 is 0 Å². The molecule has 0 heterocycles. The van der Waals surface area contributed by atoms with E-state index in [0.29, 0.717) is 0 Å². The van der Waals surface area contributed by atoms with Gasteiger partial charge in [-0.1, -0.05) is 36.4 Å². The van der Waals surface area contributed by atoms with Gasteiger partial charge in [0.25, 0.3) is 0 Å². The van der Waals surface area contributed by atoms with Crippen molar-refractivity contribution in [2.75, 3.05) is 10.9 Å². The molecule has 2 aromatic carbocycles. The second kappa shape index (κ2) is 7.09. The predicted molar refractivity (Wildman–Crippen MR) is 86.3 cm³/mol. The predicted octanol–water partition coefficient (Wildman–Crippen LogP) is 3.96. The first-order valence-electron chi connectivity index (χ1n) is 6.47. The molecule has 0 aliphatic carbocycles. The molecular formula is C16H18N4. The fraction of sp³-hybridized carbons (Fsp3) is 0.125. The molecule has 0 aliphatic heterocycles. The van der Waals surface area contributed by atoms with E-state index in [2.05, 4.69) is 21.1 Å². The third kappa shape index (κ3) is 4.24. The van der Waals surface area contributed by atoms with Crippen LogP contribution in [0.5, 0.6) is 0 Å². The Morgan fingerprint density at radius 2 is 1.00 bits per heavy atom. The molecular weight excluding hydrogens is 248 g/mol. The first-order chi connectivity index (χ1) is 9.75. The van der Waals surface area contributed by atoms with Gasteiger partial charge in [-0.2, -0.15) is 10.2 Å². The molecule has 0 bridgehead atoms. The standard InChI is InChI=1S/C16H18N4/c1-13(17-19-15-9-5-3-6-10-15)14(2)18-20-16-11-7-4-8-12-16/h3-12,19-20H,1-2H3. The van der Waals surface area contributed by atoms with Crippen molar-refractivity contribution in [3.05, 3.63) is 60.7 Å². The van der Waals surface area contributed by atoms with Crippen LogP contribution in [0.2, 0.25) is 0 Å². The van der Waals surface area contributed by atoms with Crippen molar-refractivity contribution in [2.24, 2.45) is 10.2 Å². The highest BCUT2D eigenvalue weighted by molar-refractivity contribution is 6.40. The maximum absolute atomic E-state index is 4.30. The summed E-state index contributed by atoms with van der Waals surface area (Å²) in [6.45, 7) is 3.84. The van der Waals surface area contributed by atoms with Crippen LogP contribution >= 0.6 is 0 Å². The molecule has 0 amide bonds. The van der Waals surface area contributed by atoms with Crippen molar-refractivity contribution in [1.82, 2.24) is 0 Å². The molecule has 2 rings (SSSR count). The monoisotopic (exact) mass is 266 g/mol. The second-order valence-electron chi connectivity index (χ2n) is 4.35. The van der Waals surface area contributed by atoms with Gasteiger partial charge in [0.05, 0.1) is 22.8 Å². The van der Waals surface area contributed by atoms with E-state index in [0.717, 1.165) is 22.8 Å². The van der Waals surface area contributed by atoms with Gasteiger partial charge in [-0.25, -0.2) is 0 Å². The summed E-state index contributed by atoms with van der Waals surface area (Å²) in [7, 11) is 0. The molecule has 102 valence electrons. The highest BCUT2D eigenvalue weighted by Gasteiger charge is 1.97. The number of anilines is 2. The van der Waals surface area contributed by atoms with E-state index in [-0.39, 0.29) is 0 Å². The topological polar surface area (TPSA) is 48.8 Å². The van der Waals surface area contributed by atoms with Gasteiger partial charge >= 0.3 is 0 Å². The van der Waals surface area contributed by atoms with Crippen LogP contribution in [0.3, 0.4) is 0 Å². The number of rotatable bonds is 5. The zero-order valence-electron chi connectivity index (χ0n) is 11.7. The minimum Gasteiger partial charge on any atom is -0.278 e. The van der Waals surface area contributed by atoms with Gasteiger partial charge in [0.1, 0.15) is 0 Å². The highest BCUT2D eigenvalue weighted by atomic mass is 15.3. The molecule has 20 heavy (non-hydrogen) atoms. The molecule has 0 spiro atoms. The minimum absolute atomic E-state index is 0.831. The summed E-state index contributed by atoms with van der Waals surface area (Å²) < 4.78 is 0. The maximum atomic E-state index is 4.30. The third-order valence-electron chi connectivity index (χ3n) is 2.78. The van der Waals surface area contributed by atoms with E-state index in [1.807, 2.05) is 74.5 Å². The summed E-state index contributed by atoms with van der Waals surface area (Å²) in [6.07, 6.45) is 0. The van der Waals surface area contributed by atoms with E-state index in [9.17, 15) is 0 Å². The number of para-hydroxylation sites is 2. The molecule has 0 saturated carbocycles. The average Bonchev–Trinajstić information content (AvgIpc) is 2.52. The summed E-state index contributed by atoms with van der Waals surface area (Å²) in [4.78, 5) is 0. The molecule has 4 heteroatoms. The molecule has 0 atom stereocenters. The van der Waals surface area contributed by atoms with Crippen LogP contribution in [-0.2, 0) is 0 Å². The molecule has 0 aromatic heterocycles. The lowest BCUT2D eigenvalue weighted by Crippen LogP contribution is -2.10. The summed E-state index contributed by atoms with van der Waals surface area (Å²) in [5, 5.41) is 8.60. The summed E-state index contributed by atoms with van der Waals surface area (Å²) in [5.74, 6) is 0. The van der Waals surface area contributed by atoms with Crippen LogP contribution in [0.15, 0.2) is 70.9 Å². The van der Waals surface area contributed by atoms with Crippen LogP contribution in [0, 0.1) is 0 Å². The third-order valence-corrected chi connectivity index (χ3v) is 2.78. The molecule has 0 aliphatic rings. The molecule has 0 saturated heterocycles. The van der Waals surface area contributed by atoms with E-state index in [1.54, 1.807) is 0 Å². The fourth-order valence-electron chi connectivity index (χ4n) is 1.48. The number of hydrogen-bond acceptors (Lipinski definition) is 4. The largest absolute Gasteiger partial charge is 0.278 e. The SMILES string of the molecule is CC(=NNc1ccccc1)C(C)=NNc1ccccc1. The Bertz CT molecular complexity index is 533. The molecule has 0 unspecified atom stereocenters. The quantitative estimate of drug-likeness (QED) is 0.635. The Hall–Kier alpha value is -2.62. The number of nitrogens with one attached hydrogen (secondary N) is 2. The van der Waals surface area contributed by atoms with Crippen molar-refractivity contribution in [3.63, 3.8) is 0 Å². The van der Waals surface area contributed by atoms with E-state index >= 15 is 0 Å². The Labute approximate surface area is 119 Å². The summed E-state index contributed by atoms with van der Waals surface area (Å²) in [5.41, 5.74) is 9.58. The summed E-state index contributed by atoms with van der Waals surface area (Å²) >= 11 is 0. The fourth-order valence-corrected chi connectivity index (χ4v) is 1.48. The van der Waals surface area contributed by atoms with Crippen molar-refractivity contribution in [3.8, 4) is 0 Å². The van der Waals surface area contributed by atoms with Crippen molar-refractivity contribution in [2.45, 2.75) is 13.8 Å². The van der Waals surface area contributed by atoms with Gasteiger partial charge in [-0.15, -0.1) is 0 Å². The van der Waals surface area contributed by atoms with Crippen LogP contribution in [0.25, 0.3) is 0 Å². The molecule has 2 N–H and O–H groups in total. The minimum atomic E-state index is 0.831. The highest BCUT2D eigenvalue weighted by Crippen LogP contribution is 2.06. The Balaban J connectivity index is 1.95. The van der Waals surface area contributed by atoms with E-state index in [1.165, 1.54) is 0 Å². The van der Waals surface area contributed by atoms with Gasteiger partial charge in [-0.3, -0.25) is 10.9 Å². The normalized spacial score (nSPS) is 12.1. The van der Waals surface area contributed by atoms with Crippen molar-refractivity contribution >= 4 is 22.8 Å². The van der Waals surface area contributed by atoms with Crippen LogP contribution < -0.4 is 10.9 Å². The van der Waals surface area contributed by atoms with Crippen LogP contribution in [0.1, 0.15) is 13.8 Å². The zero-order chi connectivity index (χ0) is 14.2. The van der Waals surface area contributed by atoms with Crippen LogP contribution in [-0.4, -0.2) is 11.4 Å². The van der Waals surface area contributed by atoms with Gasteiger partial charge < -0.3 is 0 Å². The Morgan fingerprint density at radius 3 is 1.35 bits per heavy atom. The average molecular weight is 266 g/mol. The number of nitrogens with zero attached hydrogens (tertiary/aromatic N) is 2. The van der Waals surface area contributed by atoms with Crippen molar-refractivity contribution < 1.29 is 0 Å². The number of benzene rings is 2. The number of hydrogen-bond donors (Lipinski definition) is 2. The van der Waals surface area contributed by atoms with Gasteiger partial charge in [0.15, 0.2) is 0 Å². The molecule has 4 nitrogen and oxygen atoms in total. The molecule has 0 radical (unpaired) electrons. The van der Waals surface area contributed by atoms with Crippen molar-refractivity contribution in [1.29, 1.82) is 0 Å². The van der Waals surface area contributed by atoms with Gasteiger partial charge in [-0.05, 0) is 38.1 Å². The summed E-state index contributed by atoms with van der Waals surface area (Å²) in [6, 6.07) is 19.6. The van der Waals surface area contributed by atoms with Gasteiger partial charge in [0.2, 0.25) is 0 Å². The zero-order valence-corrected chi connectivity index (χ0v) is 11.7. The molecule has 2 aromatic rings. The second-order valence-corrected chi connectivity index (χ2v) is 4.35. The Kier molecular flexibility index (Phi) is 4.89. The lowest BCUT2D eigenvalue weighted by molar-refractivity contribution is 1.31. The smallest absolute Gasteiger partial charge is 0.0805 e. The molecule has 0 fully saturated rings. The van der Waals surface area contributed by atoms with E-state index in [4.69, 9.17) is 0 Å². The first-order valence-corrected chi connectivity index (χ1v) is 6.47. The Morgan fingerprint density at radius 1 is 0.650 bits per heavy atom. The number of hydrazone groups is 2.